The molecule has 1 aromatic rings. The van der Waals surface area contributed by atoms with Gasteiger partial charge in [-0.1, -0.05) is 31.4 Å². The van der Waals surface area contributed by atoms with E-state index < -0.39 is 0 Å². The molecule has 1 aliphatic carbocycles. The van der Waals surface area contributed by atoms with Gasteiger partial charge in [-0.2, -0.15) is 0 Å². The Balaban J connectivity index is 2.02. The Kier molecular flexibility index (Phi) is 5.12. The lowest BCUT2D eigenvalue weighted by atomic mass is 9.79. The monoisotopic (exact) mass is 282 g/mol. The van der Waals surface area contributed by atoms with E-state index in [2.05, 4.69) is 6.92 Å². The summed E-state index contributed by atoms with van der Waals surface area (Å²) in [6, 6.07) is 5.58. The number of benzene rings is 1. The van der Waals surface area contributed by atoms with Gasteiger partial charge in [-0.25, -0.2) is 0 Å². The van der Waals surface area contributed by atoms with Gasteiger partial charge in [0.15, 0.2) is 0 Å². The number of aliphatic hydroxyl groups excluding tert-OH is 1. The van der Waals surface area contributed by atoms with E-state index in [1.807, 2.05) is 18.2 Å². The Morgan fingerprint density at radius 2 is 2.00 bits per heavy atom. The van der Waals surface area contributed by atoms with E-state index in [-0.39, 0.29) is 6.10 Å². The zero-order valence-electron chi connectivity index (χ0n) is 11.7. The SMILES string of the molecule is COc1ccc(Cl)cc1CC(O)C1CCC(C)CC1. The molecule has 0 aromatic heterocycles. The minimum atomic E-state index is -0.292. The molecular weight excluding hydrogens is 260 g/mol. The summed E-state index contributed by atoms with van der Waals surface area (Å²) in [7, 11) is 1.65. The second-order valence-corrected chi connectivity index (χ2v) is 6.18. The van der Waals surface area contributed by atoms with Gasteiger partial charge in [-0.05, 0) is 48.4 Å². The van der Waals surface area contributed by atoms with Gasteiger partial charge in [0.05, 0.1) is 13.2 Å². The molecule has 2 rings (SSSR count). The maximum absolute atomic E-state index is 10.4. The van der Waals surface area contributed by atoms with E-state index in [1.54, 1.807) is 7.11 Å². The van der Waals surface area contributed by atoms with Gasteiger partial charge in [-0.15, -0.1) is 0 Å². The first-order valence-corrected chi connectivity index (χ1v) is 7.48. The van der Waals surface area contributed by atoms with Crippen LogP contribution < -0.4 is 4.74 Å². The fraction of sp³-hybridized carbons (Fsp3) is 0.625. The van der Waals surface area contributed by atoms with Crippen LogP contribution in [0.4, 0.5) is 0 Å². The highest BCUT2D eigenvalue weighted by molar-refractivity contribution is 6.30. The minimum absolute atomic E-state index is 0.292. The van der Waals surface area contributed by atoms with Crippen LogP contribution in [0, 0.1) is 11.8 Å². The Morgan fingerprint density at radius 3 is 2.63 bits per heavy atom. The number of rotatable bonds is 4. The van der Waals surface area contributed by atoms with Crippen molar-refractivity contribution in [3.63, 3.8) is 0 Å². The molecule has 1 aromatic carbocycles. The van der Waals surface area contributed by atoms with Crippen molar-refractivity contribution in [2.75, 3.05) is 7.11 Å². The van der Waals surface area contributed by atoms with Crippen molar-refractivity contribution < 1.29 is 9.84 Å². The fourth-order valence-electron chi connectivity index (χ4n) is 2.97. The normalized spacial score (nSPS) is 25.1. The molecule has 0 saturated heterocycles. The lowest BCUT2D eigenvalue weighted by Gasteiger charge is -2.30. The Morgan fingerprint density at radius 1 is 1.32 bits per heavy atom. The highest BCUT2D eigenvalue weighted by Gasteiger charge is 2.25. The third kappa shape index (κ3) is 3.87. The third-order valence-electron chi connectivity index (χ3n) is 4.28. The largest absolute Gasteiger partial charge is 0.496 e. The predicted octanol–water partition coefficient (Wildman–Crippen LogP) is 4.08. The highest BCUT2D eigenvalue weighted by Crippen LogP contribution is 2.33. The van der Waals surface area contributed by atoms with E-state index in [4.69, 9.17) is 16.3 Å². The molecule has 0 bridgehead atoms. The van der Waals surface area contributed by atoms with Crippen molar-refractivity contribution in [2.24, 2.45) is 11.8 Å². The number of halogens is 1. The van der Waals surface area contributed by atoms with Gasteiger partial charge >= 0.3 is 0 Å². The molecule has 1 N–H and O–H groups in total. The molecule has 3 heteroatoms. The topological polar surface area (TPSA) is 29.5 Å². The molecule has 19 heavy (non-hydrogen) atoms. The first kappa shape index (κ1) is 14.7. The molecule has 0 radical (unpaired) electrons. The van der Waals surface area contributed by atoms with Crippen molar-refractivity contribution >= 4 is 11.6 Å². The van der Waals surface area contributed by atoms with E-state index >= 15 is 0 Å². The Labute approximate surface area is 120 Å². The molecule has 106 valence electrons. The molecular formula is C16H23ClO2. The zero-order valence-corrected chi connectivity index (χ0v) is 12.5. The van der Waals surface area contributed by atoms with E-state index in [1.165, 1.54) is 12.8 Å². The molecule has 0 amide bonds. The number of hydrogen-bond donors (Lipinski definition) is 1. The molecule has 1 saturated carbocycles. The number of hydrogen-bond acceptors (Lipinski definition) is 2. The summed E-state index contributed by atoms with van der Waals surface area (Å²) in [6.45, 7) is 2.29. The summed E-state index contributed by atoms with van der Waals surface area (Å²) in [5, 5.41) is 11.1. The Hall–Kier alpha value is -0.730. The van der Waals surface area contributed by atoms with E-state index in [0.717, 1.165) is 30.1 Å². The fourth-order valence-corrected chi connectivity index (χ4v) is 3.16. The quantitative estimate of drug-likeness (QED) is 0.902. The first-order chi connectivity index (χ1) is 9.10. The molecule has 1 atom stereocenters. The lowest BCUT2D eigenvalue weighted by Crippen LogP contribution is -2.27. The second-order valence-electron chi connectivity index (χ2n) is 5.75. The van der Waals surface area contributed by atoms with Crippen LogP contribution in [-0.4, -0.2) is 18.3 Å². The van der Waals surface area contributed by atoms with Crippen LogP contribution in [0.3, 0.4) is 0 Å². The lowest BCUT2D eigenvalue weighted by molar-refractivity contribution is 0.0756. The van der Waals surface area contributed by atoms with Gasteiger partial charge in [-0.3, -0.25) is 0 Å². The average Bonchev–Trinajstić information content (AvgIpc) is 2.39. The highest BCUT2D eigenvalue weighted by atomic mass is 35.5. The van der Waals surface area contributed by atoms with Gasteiger partial charge in [0.25, 0.3) is 0 Å². The third-order valence-corrected chi connectivity index (χ3v) is 4.51. The molecule has 0 spiro atoms. The van der Waals surface area contributed by atoms with Crippen LogP contribution in [0.1, 0.15) is 38.2 Å². The number of ether oxygens (including phenoxy) is 1. The van der Waals surface area contributed by atoms with E-state index in [9.17, 15) is 5.11 Å². The maximum Gasteiger partial charge on any atom is 0.122 e. The molecule has 1 unspecified atom stereocenters. The van der Waals surface area contributed by atoms with Crippen molar-refractivity contribution in [1.29, 1.82) is 0 Å². The smallest absolute Gasteiger partial charge is 0.122 e. The molecule has 1 aliphatic rings. The van der Waals surface area contributed by atoms with Crippen molar-refractivity contribution in [1.82, 2.24) is 0 Å². The first-order valence-electron chi connectivity index (χ1n) is 7.10. The van der Waals surface area contributed by atoms with Gasteiger partial charge < -0.3 is 9.84 Å². The van der Waals surface area contributed by atoms with Crippen LogP contribution in [-0.2, 0) is 6.42 Å². The summed E-state index contributed by atoms with van der Waals surface area (Å²) in [6.07, 6.45) is 5.06. The van der Waals surface area contributed by atoms with Crippen molar-refractivity contribution in [3.05, 3.63) is 28.8 Å². The van der Waals surface area contributed by atoms with Gasteiger partial charge in [0.1, 0.15) is 5.75 Å². The summed E-state index contributed by atoms with van der Waals surface area (Å²) < 4.78 is 5.34. The van der Waals surface area contributed by atoms with Crippen LogP contribution in [0.5, 0.6) is 5.75 Å². The molecule has 1 fully saturated rings. The molecule has 0 aliphatic heterocycles. The minimum Gasteiger partial charge on any atom is -0.496 e. The number of methoxy groups -OCH3 is 1. The summed E-state index contributed by atoms with van der Waals surface area (Å²) in [4.78, 5) is 0. The van der Waals surface area contributed by atoms with Gasteiger partial charge in [0.2, 0.25) is 0 Å². The maximum atomic E-state index is 10.4. The zero-order chi connectivity index (χ0) is 13.8. The number of aliphatic hydroxyl groups is 1. The van der Waals surface area contributed by atoms with E-state index in [0.29, 0.717) is 17.4 Å². The van der Waals surface area contributed by atoms with Crippen molar-refractivity contribution in [2.45, 2.75) is 45.1 Å². The molecule has 0 heterocycles. The second kappa shape index (κ2) is 6.62. The summed E-state index contributed by atoms with van der Waals surface area (Å²) in [5.74, 6) is 2.04. The summed E-state index contributed by atoms with van der Waals surface area (Å²) in [5.41, 5.74) is 1.00. The van der Waals surface area contributed by atoms with Crippen LogP contribution in [0.15, 0.2) is 18.2 Å². The van der Waals surface area contributed by atoms with Crippen LogP contribution in [0.25, 0.3) is 0 Å². The van der Waals surface area contributed by atoms with Gasteiger partial charge in [0, 0.05) is 11.4 Å². The van der Waals surface area contributed by atoms with Crippen molar-refractivity contribution in [3.8, 4) is 5.75 Å². The predicted molar refractivity (Wildman–Crippen MR) is 78.8 cm³/mol. The summed E-state index contributed by atoms with van der Waals surface area (Å²) >= 11 is 6.02. The van der Waals surface area contributed by atoms with Crippen LogP contribution in [0.2, 0.25) is 5.02 Å². The Bertz CT molecular complexity index is 411. The van der Waals surface area contributed by atoms with Crippen LogP contribution >= 0.6 is 11.6 Å². The molecule has 2 nitrogen and oxygen atoms in total. The average molecular weight is 283 g/mol. The standard InChI is InChI=1S/C16H23ClO2/c1-11-3-5-12(6-4-11)15(18)10-13-9-14(17)7-8-16(13)19-2/h7-9,11-12,15,18H,3-6,10H2,1-2H3.